The summed E-state index contributed by atoms with van der Waals surface area (Å²) >= 11 is 0. The second-order valence-corrected chi connectivity index (χ2v) is 5.97. The SMILES string of the molecule is CC(=O)Nc1cccc(NC(=O)Nc2ncccc2OCc2ccccc2)c1. The van der Waals surface area contributed by atoms with Crippen molar-refractivity contribution in [2.75, 3.05) is 16.0 Å². The first-order chi connectivity index (χ1) is 13.6. The summed E-state index contributed by atoms with van der Waals surface area (Å²) in [7, 11) is 0. The lowest BCUT2D eigenvalue weighted by atomic mass is 10.2. The van der Waals surface area contributed by atoms with E-state index in [1.807, 2.05) is 30.3 Å². The molecular formula is C21H20N4O3. The van der Waals surface area contributed by atoms with Gasteiger partial charge in [-0.2, -0.15) is 0 Å². The van der Waals surface area contributed by atoms with E-state index in [9.17, 15) is 9.59 Å². The molecule has 0 atom stereocenters. The van der Waals surface area contributed by atoms with E-state index in [0.717, 1.165) is 5.56 Å². The molecule has 0 saturated carbocycles. The maximum absolute atomic E-state index is 12.3. The molecule has 0 saturated heterocycles. The zero-order chi connectivity index (χ0) is 19.8. The molecule has 0 bridgehead atoms. The topological polar surface area (TPSA) is 92.4 Å². The van der Waals surface area contributed by atoms with Crippen LogP contribution in [0.5, 0.6) is 5.75 Å². The summed E-state index contributed by atoms with van der Waals surface area (Å²) in [6, 6.07) is 19.6. The molecule has 7 heteroatoms. The molecule has 2 aromatic carbocycles. The van der Waals surface area contributed by atoms with Crippen LogP contribution in [-0.4, -0.2) is 16.9 Å². The average molecular weight is 376 g/mol. The van der Waals surface area contributed by atoms with Crippen molar-refractivity contribution >= 4 is 29.1 Å². The van der Waals surface area contributed by atoms with Gasteiger partial charge in [-0.1, -0.05) is 36.4 Å². The van der Waals surface area contributed by atoms with Crippen molar-refractivity contribution < 1.29 is 14.3 Å². The Morgan fingerprint density at radius 1 is 0.893 bits per heavy atom. The number of rotatable bonds is 6. The lowest BCUT2D eigenvalue weighted by Crippen LogP contribution is -2.20. The van der Waals surface area contributed by atoms with Crippen molar-refractivity contribution in [3.05, 3.63) is 78.5 Å². The summed E-state index contributed by atoms with van der Waals surface area (Å²) in [5, 5.41) is 8.06. The van der Waals surface area contributed by atoms with Crippen molar-refractivity contribution in [1.82, 2.24) is 4.98 Å². The molecule has 0 aliphatic rings. The van der Waals surface area contributed by atoms with Gasteiger partial charge in [-0.3, -0.25) is 10.1 Å². The van der Waals surface area contributed by atoms with Gasteiger partial charge >= 0.3 is 6.03 Å². The molecule has 28 heavy (non-hydrogen) atoms. The van der Waals surface area contributed by atoms with E-state index in [2.05, 4.69) is 20.9 Å². The third kappa shape index (κ3) is 5.57. The van der Waals surface area contributed by atoms with Crippen LogP contribution in [0.1, 0.15) is 12.5 Å². The van der Waals surface area contributed by atoms with E-state index < -0.39 is 6.03 Å². The van der Waals surface area contributed by atoms with Crippen LogP contribution in [-0.2, 0) is 11.4 Å². The zero-order valence-electron chi connectivity index (χ0n) is 15.3. The number of nitrogens with one attached hydrogen (secondary N) is 3. The molecule has 0 fully saturated rings. The molecular weight excluding hydrogens is 356 g/mol. The molecule has 0 aliphatic carbocycles. The highest BCUT2D eigenvalue weighted by Gasteiger charge is 2.10. The minimum atomic E-state index is -0.469. The minimum absolute atomic E-state index is 0.185. The van der Waals surface area contributed by atoms with Gasteiger partial charge in [0, 0.05) is 24.5 Å². The number of urea groups is 1. The fourth-order valence-corrected chi connectivity index (χ4v) is 2.48. The third-order valence-electron chi connectivity index (χ3n) is 3.68. The van der Waals surface area contributed by atoms with E-state index >= 15 is 0 Å². The van der Waals surface area contributed by atoms with Gasteiger partial charge in [0.1, 0.15) is 6.61 Å². The summed E-state index contributed by atoms with van der Waals surface area (Å²) in [6.45, 7) is 1.78. The first-order valence-electron chi connectivity index (χ1n) is 8.67. The second kappa shape index (κ2) is 9.18. The number of anilines is 3. The highest BCUT2D eigenvalue weighted by atomic mass is 16.5. The van der Waals surface area contributed by atoms with Crippen molar-refractivity contribution in [2.24, 2.45) is 0 Å². The lowest BCUT2D eigenvalue weighted by Gasteiger charge is -2.12. The van der Waals surface area contributed by atoms with Crippen LogP contribution in [0.2, 0.25) is 0 Å². The Morgan fingerprint density at radius 3 is 2.39 bits per heavy atom. The molecule has 3 amide bonds. The fraction of sp³-hybridized carbons (Fsp3) is 0.0952. The standard InChI is InChI=1S/C21H20N4O3/c1-15(26)23-17-9-5-10-18(13-17)24-21(27)25-20-19(11-6-12-22-20)28-14-16-7-3-2-4-8-16/h2-13H,14H2,1H3,(H,23,26)(H2,22,24,25,27). The van der Waals surface area contributed by atoms with E-state index in [1.165, 1.54) is 6.92 Å². The molecule has 0 radical (unpaired) electrons. The Balaban J connectivity index is 1.63. The van der Waals surface area contributed by atoms with Gasteiger partial charge in [-0.15, -0.1) is 0 Å². The van der Waals surface area contributed by atoms with Crippen LogP contribution in [0, 0.1) is 0 Å². The predicted octanol–water partition coefficient (Wildman–Crippen LogP) is 4.26. The molecule has 0 aliphatic heterocycles. The summed E-state index contributed by atoms with van der Waals surface area (Å²) in [5.74, 6) is 0.595. The minimum Gasteiger partial charge on any atom is -0.485 e. The summed E-state index contributed by atoms with van der Waals surface area (Å²) in [5.41, 5.74) is 2.14. The maximum Gasteiger partial charge on any atom is 0.324 e. The number of hydrogen-bond acceptors (Lipinski definition) is 4. The van der Waals surface area contributed by atoms with Crippen molar-refractivity contribution in [3.63, 3.8) is 0 Å². The van der Waals surface area contributed by atoms with Crippen LogP contribution < -0.4 is 20.7 Å². The molecule has 0 unspecified atom stereocenters. The first kappa shape index (κ1) is 18.9. The van der Waals surface area contributed by atoms with Gasteiger partial charge in [-0.25, -0.2) is 9.78 Å². The third-order valence-corrected chi connectivity index (χ3v) is 3.68. The normalized spacial score (nSPS) is 10.0. The Kier molecular flexibility index (Phi) is 6.20. The van der Waals surface area contributed by atoms with Gasteiger partial charge in [0.25, 0.3) is 0 Å². The average Bonchev–Trinajstić information content (AvgIpc) is 2.68. The molecule has 1 aromatic heterocycles. The maximum atomic E-state index is 12.3. The zero-order valence-corrected chi connectivity index (χ0v) is 15.3. The largest absolute Gasteiger partial charge is 0.485 e. The van der Waals surface area contributed by atoms with Crippen LogP contribution in [0.3, 0.4) is 0 Å². The fourth-order valence-electron chi connectivity index (χ4n) is 2.48. The number of aromatic nitrogens is 1. The number of nitrogens with zero attached hydrogens (tertiary/aromatic N) is 1. The number of benzene rings is 2. The number of carbonyl (C=O) groups excluding carboxylic acids is 2. The Morgan fingerprint density at radius 2 is 1.64 bits per heavy atom. The smallest absolute Gasteiger partial charge is 0.324 e. The Labute approximate surface area is 162 Å². The summed E-state index contributed by atoms with van der Waals surface area (Å²) in [4.78, 5) is 27.7. The molecule has 3 aromatic rings. The van der Waals surface area contributed by atoms with Gasteiger partial charge in [0.05, 0.1) is 0 Å². The highest BCUT2D eigenvalue weighted by Crippen LogP contribution is 2.23. The molecule has 142 valence electrons. The van der Waals surface area contributed by atoms with Crippen LogP contribution in [0.25, 0.3) is 0 Å². The van der Waals surface area contributed by atoms with E-state index in [1.54, 1.807) is 42.6 Å². The lowest BCUT2D eigenvalue weighted by molar-refractivity contribution is -0.114. The Bertz CT molecular complexity index is 961. The van der Waals surface area contributed by atoms with Crippen LogP contribution >= 0.6 is 0 Å². The van der Waals surface area contributed by atoms with Crippen LogP contribution in [0.4, 0.5) is 22.0 Å². The van der Waals surface area contributed by atoms with Crippen molar-refractivity contribution in [2.45, 2.75) is 13.5 Å². The molecule has 1 heterocycles. The van der Waals surface area contributed by atoms with Gasteiger partial charge < -0.3 is 15.4 Å². The molecule has 3 N–H and O–H groups in total. The van der Waals surface area contributed by atoms with E-state index in [4.69, 9.17) is 4.74 Å². The van der Waals surface area contributed by atoms with Crippen molar-refractivity contribution in [1.29, 1.82) is 0 Å². The second-order valence-electron chi connectivity index (χ2n) is 5.97. The first-order valence-corrected chi connectivity index (χ1v) is 8.67. The predicted molar refractivity (Wildman–Crippen MR) is 108 cm³/mol. The van der Waals surface area contributed by atoms with Gasteiger partial charge in [0.2, 0.25) is 5.91 Å². The van der Waals surface area contributed by atoms with Gasteiger partial charge in [-0.05, 0) is 35.9 Å². The number of carbonyl (C=O) groups is 2. The Hall–Kier alpha value is -3.87. The molecule has 7 nitrogen and oxygen atoms in total. The monoisotopic (exact) mass is 376 g/mol. The number of hydrogen-bond donors (Lipinski definition) is 3. The van der Waals surface area contributed by atoms with Gasteiger partial charge in [0.15, 0.2) is 11.6 Å². The van der Waals surface area contributed by atoms with E-state index in [0.29, 0.717) is 29.5 Å². The molecule has 3 rings (SSSR count). The summed E-state index contributed by atoms with van der Waals surface area (Å²) < 4.78 is 5.78. The van der Waals surface area contributed by atoms with E-state index in [-0.39, 0.29) is 5.91 Å². The van der Waals surface area contributed by atoms with Crippen molar-refractivity contribution in [3.8, 4) is 5.75 Å². The highest BCUT2D eigenvalue weighted by molar-refractivity contribution is 6.00. The summed E-state index contributed by atoms with van der Waals surface area (Å²) in [6.07, 6.45) is 1.57. The number of pyridine rings is 1. The molecule has 0 spiro atoms. The quantitative estimate of drug-likeness (QED) is 0.599. The van der Waals surface area contributed by atoms with Crippen LogP contribution in [0.15, 0.2) is 72.9 Å². The number of amides is 3. The number of ether oxygens (including phenoxy) is 1.